The second-order valence-electron chi connectivity index (χ2n) is 10.0. The Morgan fingerprint density at radius 2 is 0.889 bits per heavy atom. The van der Waals surface area contributed by atoms with Gasteiger partial charge in [0.25, 0.3) is 0 Å². The molecule has 0 bridgehead atoms. The van der Waals surface area contributed by atoms with Crippen molar-refractivity contribution in [1.29, 1.82) is 0 Å². The van der Waals surface area contributed by atoms with Crippen LogP contribution in [-0.2, 0) is 47.6 Å². The summed E-state index contributed by atoms with van der Waals surface area (Å²) in [7, 11) is 0. The van der Waals surface area contributed by atoms with Crippen LogP contribution in [0.4, 0.5) is 0 Å². The zero-order chi connectivity index (χ0) is 33.6. The van der Waals surface area contributed by atoms with Crippen LogP contribution in [0.2, 0.25) is 0 Å². The van der Waals surface area contributed by atoms with Crippen LogP contribution in [0.15, 0.2) is 0 Å². The third-order valence-corrected chi connectivity index (χ3v) is 8.23. The SMILES string of the molecule is CCC(CC)NCCOCCOCCNC(=O)COCC(=O)NCCOCCOCCNC(=O)COCC(=O)C(Br)(CC)CC. The molecule has 0 aromatic rings. The number of carbonyl (C=O) groups is 4. The van der Waals surface area contributed by atoms with Gasteiger partial charge in [0, 0.05) is 32.2 Å². The maximum Gasteiger partial charge on any atom is 0.246 e. The average molecular weight is 714 g/mol. The maximum absolute atomic E-state index is 12.1. The van der Waals surface area contributed by atoms with Crippen molar-refractivity contribution in [2.75, 3.05) is 105 Å². The lowest BCUT2D eigenvalue weighted by molar-refractivity contribution is -0.132. The highest BCUT2D eigenvalue weighted by Gasteiger charge is 2.31. The van der Waals surface area contributed by atoms with Crippen molar-refractivity contribution in [1.82, 2.24) is 21.3 Å². The van der Waals surface area contributed by atoms with Crippen molar-refractivity contribution in [2.24, 2.45) is 0 Å². The molecular formula is C30H57BrN4O10. The first-order valence-corrected chi connectivity index (χ1v) is 16.7. The highest BCUT2D eigenvalue weighted by atomic mass is 79.9. The smallest absolute Gasteiger partial charge is 0.246 e. The minimum atomic E-state index is -0.600. The Bertz CT molecular complexity index is 786. The number of rotatable bonds is 32. The van der Waals surface area contributed by atoms with Crippen molar-refractivity contribution in [3.8, 4) is 0 Å². The Hall–Kier alpha value is -1.72. The summed E-state index contributed by atoms with van der Waals surface area (Å²) in [4.78, 5) is 47.5. The molecule has 0 aliphatic carbocycles. The number of nitrogens with one attached hydrogen (secondary N) is 4. The molecule has 0 saturated heterocycles. The van der Waals surface area contributed by atoms with E-state index in [1.54, 1.807) is 0 Å². The van der Waals surface area contributed by atoms with E-state index in [9.17, 15) is 19.2 Å². The molecule has 4 N–H and O–H groups in total. The molecule has 0 heterocycles. The summed E-state index contributed by atoms with van der Waals surface area (Å²) in [6.45, 7) is 12.3. The monoisotopic (exact) mass is 712 g/mol. The second kappa shape index (κ2) is 29.7. The van der Waals surface area contributed by atoms with Crippen LogP contribution in [-0.4, -0.2) is 139 Å². The molecule has 0 aromatic heterocycles. The van der Waals surface area contributed by atoms with Gasteiger partial charge in [0.1, 0.15) is 26.4 Å². The van der Waals surface area contributed by atoms with Gasteiger partial charge in [-0.2, -0.15) is 0 Å². The Morgan fingerprint density at radius 1 is 0.533 bits per heavy atom. The number of amides is 3. The van der Waals surface area contributed by atoms with Gasteiger partial charge in [-0.25, -0.2) is 0 Å². The topological polar surface area (TPSA) is 172 Å². The number of ether oxygens (including phenoxy) is 6. The molecule has 14 nitrogen and oxygen atoms in total. The molecule has 45 heavy (non-hydrogen) atoms. The molecule has 0 rings (SSSR count). The van der Waals surface area contributed by atoms with E-state index < -0.39 is 4.32 Å². The van der Waals surface area contributed by atoms with E-state index in [1.807, 2.05) is 13.8 Å². The number of hydrogen-bond donors (Lipinski definition) is 4. The van der Waals surface area contributed by atoms with Gasteiger partial charge in [0.05, 0.1) is 57.2 Å². The van der Waals surface area contributed by atoms with Crippen LogP contribution < -0.4 is 21.3 Å². The third kappa shape index (κ3) is 25.1. The first-order valence-electron chi connectivity index (χ1n) is 15.9. The Balaban J connectivity index is 3.49. The van der Waals surface area contributed by atoms with Gasteiger partial charge in [-0.3, -0.25) is 19.2 Å². The van der Waals surface area contributed by atoms with Gasteiger partial charge in [-0.1, -0.05) is 43.6 Å². The van der Waals surface area contributed by atoms with Crippen molar-refractivity contribution in [3.05, 3.63) is 0 Å². The zero-order valence-electron chi connectivity index (χ0n) is 27.7. The zero-order valence-corrected chi connectivity index (χ0v) is 29.3. The summed E-state index contributed by atoms with van der Waals surface area (Å²) in [5.41, 5.74) is 0. The van der Waals surface area contributed by atoms with E-state index in [2.05, 4.69) is 51.0 Å². The van der Waals surface area contributed by atoms with Crippen molar-refractivity contribution in [3.63, 3.8) is 0 Å². The number of hydrogen-bond acceptors (Lipinski definition) is 11. The molecule has 0 fully saturated rings. The highest BCUT2D eigenvalue weighted by Crippen LogP contribution is 2.27. The molecular weight excluding hydrogens is 656 g/mol. The number of halogens is 1. The standard InChI is InChI=1S/C30H57BrN4O10/c1-5-25(6-2)32-9-13-40-17-18-41-15-11-34-28(38)23-45-24-29(39)35-12-16-43-20-19-42-14-10-33-27(37)22-44-21-26(36)30(31,7-3)8-4/h25,32H,5-24H2,1-4H3,(H,33,37)(H,34,38)(H,35,39). The Labute approximate surface area is 277 Å². The molecule has 0 aromatic carbocycles. The van der Waals surface area contributed by atoms with Crippen LogP contribution >= 0.6 is 15.9 Å². The molecule has 15 heteroatoms. The maximum atomic E-state index is 12.1. The van der Waals surface area contributed by atoms with Gasteiger partial charge in [-0.15, -0.1) is 0 Å². The average Bonchev–Trinajstić information content (AvgIpc) is 3.04. The number of ketones is 1. The van der Waals surface area contributed by atoms with Crippen molar-refractivity contribution >= 4 is 39.4 Å². The van der Waals surface area contributed by atoms with E-state index in [0.717, 1.165) is 19.4 Å². The van der Waals surface area contributed by atoms with Gasteiger partial charge in [-0.05, 0) is 25.7 Å². The van der Waals surface area contributed by atoms with E-state index in [0.29, 0.717) is 78.2 Å². The number of alkyl halides is 1. The van der Waals surface area contributed by atoms with Crippen LogP contribution in [0, 0.1) is 0 Å². The molecule has 0 saturated carbocycles. The molecule has 0 atom stereocenters. The fraction of sp³-hybridized carbons (Fsp3) is 0.867. The Kier molecular flexibility index (Phi) is 28.5. The first-order chi connectivity index (χ1) is 21.7. The Morgan fingerprint density at radius 3 is 1.24 bits per heavy atom. The summed E-state index contributed by atoms with van der Waals surface area (Å²) >= 11 is 3.44. The van der Waals surface area contributed by atoms with Crippen LogP contribution in [0.3, 0.4) is 0 Å². The summed E-state index contributed by atoms with van der Waals surface area (Å²) in [6.07, 6.45) is 3.51. The minimum absolute atomic E-state index is 0.0806. The molecule has 0 radical (unpaired) electrons. The quantitative estimate of drug-likeness (QED) is 0.0573. The second-order valence-corrected chi connectivity index (χ2v) is 11.6. The molecule has 0 aliphatic rings. The van der Waals surface area contributed by atoms with E-state index >= 15 is 0 Å². The lowest BCUT2D eigenvalue weighted by atomic mass is 9.98. The van der Waals surface area contributed by atoms with Crippen LogP contribution in [0.5, 0.6) is 0 Å². The summed E-state index contributed by atoms with van der Waals surface area (Å²) in [6, 6.07) is 0.533. The van der Waals surface area contributed by atoms with E-state index in [1.165, 1.54) is 0 Å². The van der Waals surface area contributed by atoms with E-state index in [-0.39, 0.29) is 63.1 Å². The fourth-order valence-corrected chi connectivity index (χ4v) is 3.86. The van der Waals surface area contributed by atoms with Gasteiger partial charge in [0.15, 0.2) is 5.78 Å². The molecule has 3 amide bonds. The fourth-order valence-electron chi connectivity index (χ4n) is 3.74. The summed E-state index contributed by atoms with van der Waals surface area (Å²) < 4.78 is 31.4. The normalized spacial score (nSPS) is 11.5. The first kappa shape index (κ1) is 43.3. The molecule has 0 aliphatic heterocycles. The molecule has 264 valence electrons. The number of Topliss-reactive ketones (excluding diaryl/α,β-unsaturated/α-hetero) is 1. The van der Waals surface area contributed by atoms with Crippen molar-refractivity contribution in [2.45, 2.75) is 63.7 Å². The predicted octanol–water partition coefficient (Wildman–Crippen LogP) is 0.736. The lowest BCUT2D eigenvalue weighted by Crippen LogP contribution is -2.36. The highest BCUT2D eigenvalue weighted by molar-refractivity contribution is 9.10. The predicted molar refractivity (Wildman–Crippen MR) is 174 cm³/mol. The summed E-state index contributed by atoms with van der Waals surface area (Å²) in [5, 5.41) is 11.4. The van der Waals surface area contributed by atoms with Crippen LogP contribution in [0.1, 0.15) is 53.4 Å². The third-order valence-electron chi connectivity index (χ3n) is 6.67. The minimum Gasteiger partial charge on any atom is -0.378 e. The molecule has 0 unspecified atom stereocenters. The number of carbonyl (C=O) groups excluding carboxylic acids is 4. The van der Waals surface area contributed by atoms with Crippen molar-refractivity contribution < 1.29 is 47.6 Å². The van der Waals surface area contributed by atoms with Gasteiger partial charge in [0.2, 0.25) is 17.7 Å². The largest absolute Gasteiger partial charge is 0.378 e. The van der Waals surface area contributed by atoms with Gasteiger partial charge < -0.3 is 49.7 Å². The van der Waals surface area contributed by atoms with Gasteiger partial charge >= 0.3 is 0 Å². The molecule has 0 spiro atoms. The van der Waals surface area contributed by atoms with E-state index in [4.69, 9.17) is 28.4 Å². The lowest BCUT2D eigenvalue weighted by Gasteiger charge is -2.22. The van der Waals surface area contributed by atoms with Crippen LogP contribution in [0.25, 0.3) is 0 Å². The summed E-state index contributed by atoms with van der Waals surface area (Å²) in [5.74, 6) is -1.09.